The summed E-state index contributed by atoms with van der Waals surface area (Å²) in [6, 6.07) is 14.2. The molecule has 2 rings (SSSR count). The molecule has 0 spiro atoms. The number of anilines is 1. The molecule has 0 atom stereocenters. The van der Waals surface area contributed by atoms with Gasteiger partial charge >= 0.3 is 0 Å². The fourth-order valence-electron chi connectivity index (χ4n) is 2.37. The van der Waals surface area contributed by atoms with Crippen LogP contribution in [-0.4, -0.2) is 18.4 Å². The van der Waals surface area contributed by atoms with Gasteiger partial charge in [-0.15, -0.1) is 0 Å². The van der Waals surface area contributed by atoms with Gasteiger partial charge in [0.05, 0.1) is 5.56 Å². The molecule has 24 heavy (non-hydrogen) atoms. The summed E-state index contributed by atoms with van der Waals surface area (Å²) < 4.78 is 5.45. The third-order valence-electron chi connectivity index (χ3n) is 3.52. The van der Waals surface area contributed by atoms with Crippen molar-refractivity contribution in [2.24, 2.45) is 5.73 Å². The second-order valence-corrected chi connectivity index (χ2v) is 6.49. The van der Waals surface area contributed by atoms with Crippen LogP contribution in [0.5, 0.6) is 5.75 Å². The second kappa shape index (κ2) is 7.17. The molecule has 0 bridgehead atoms. The van der Waals surface area contributed by atoms with Gasteiger partial charge in [-0.05, 0) is 29.2 Å². The van der Waals surface area contributed by atoms with Crippen molar-refractivity contribution in [2.75, 3.05) is 11.9 Å². The number of rotatable bonds is 5. The van der Waals surface area contributed by atoms with E-state index in [2.05, 4.69) is 26.1 Å². The maximum absolute atomic E-state index is 12.2. The predicted octanol–water partition coefficient (Wildman–Crippen LogP) is 3.10. The van der Waals surface area contributed by atoms with E-state index in [1.807, 2.05) is 24.3 Å². The lowest BCUT2D eigenvalue weighted by atomic mass is 9.86. The molecule has 5 nitrogen and oxygen atoms in total. The molecule has 3 N–H and O–H groups in total. The Morgan fingerprint density at radius 3 is 2.33 bits per heavy atom. The van der Waals surface area contributed by atoms with Crippen LogP contribution in [0.1, 0.15) is 36.7 Å². The van der Waals surface area contributed by atoms with Crippen molar-refractivity contribution in [1.29, 1.82) is 0 Å². The summed E-state index contributed by atoms with van der Waals surface area (Å²) in [7, 11) is 0. The lowest BCUT2D eigenvalue weighted by molar-refractivity contribution is -0.118. The van der Waals surface area contributed by atoms with E-state index >= 15 is 0 Å². The van der Waals surface area contributed by atoms with Crippen molar-refractivity contribution < 1.29 is 14.3 Å². The first-order chi connectivity index (χ1) is 11.3. The number of hydrogen-bond donors (Lipinski definition) is 2. The number of para-hydroxylation sites is 2. The van der Waals surface area contributed by atoms with E-state index in [9.17, 15) is 9.59 Å². The molecule has 0 aliphatic carbocycles. The lowest BCUT2D eigenvalue weighted by Crippen LogP contribution is -2.24. The Balaban J connectivity index is 2.07. The van der Waals surface area contributed by atoms with Crippen molar-refractivity contribution in [3.05, 3.63) is 59.7 Å². The largest absolute Gasteiger partial charge is 0.483 e. The summed E-state index contributed by atoms with van der Waals surface area (Å²) in [4.78, 5) is 23.5. The summed E-state index contributed by atoms with van der Waals surface area (Å²) in [6.45, 7) is 6.04. The highest BCUT2D eigenvalue weighted by Gasteiger charge is 2.19. The third kappa shape index (κ3) is 4.35. The van der Waals surface area contributed by atoms with E-state index in [0.29, 0.717) is 5.75 Å². The smallest absolute Gasteiger partial charge is 0.262 e. The topological polar surface area (TPSA) is 81.4 Å². The molecule has 0 fully saturated rings. The predicted molar refractivity (Wildman–Crippen MR) is 94.2 cm³/mol. The zero-order chi connectivity index (χ0) is 17.7. The van der Waals surface area contributed by atoms with E-state index in [4.69, 9.17) is 10.5 Å². The minimum absolute atomic E-state index is 0.0939. The Morgan fingerprint density at radius 2 is 1.67 bits per heavy atom. The number of ether oxygens (including phenoxy) is 1. The van der Waals surface area contributed by atoms with Crippen molar-refractivity contribution >= 4 is 17.5 Å². The molecule has 0 aromatic heterocycles. The van der Waals surface area contributed by atoms with E-state index in [0.717, 1.165) is 11.3 Å². The molecule has 5 heteroatoms. The Bertz CT molecular complexity index is 748. The van der Waals surface area contributed by atoms with E-state index in [1.165, 1.54) is 0 Å². The molecule has 2 aromatic carbocycles. The number of nitrogens with one attached hydrogen (secondary N) is 1. The average molecular weight is 326 g/mol. The maximum Gasteiger partial charge on any atom is 0.262 e. The van der Waals surface area contributed by atoms with Crippen molar-refractivity contribution in [3.63, 3.8) is 0 Å². The first-order valence-electron chi connectivity index (χ1n) is 7.70. The van der Waals surface area contributed by atoms with Crippen LogP contribution >= 0.6 is 0 Å². The molecule has 0 saturated carbocycles. The van der Waals surface area contributed by atoms with E-state index in [1.54, 1.807) is 24.3 Å². The summed E-state index contributed by atoms with van der Waals surface area (Å²) in [5.74, 6) is -0.598. The Hall–Kier alpha value is -2.82. The monoisotopic (exact) mass is 326 g/mol. The number of primary amides is 1. The van der Waals surface area contributed by atoms with Crippen LogP contribution in [0.2, 0.25) is 0 Å². The fraction of sp³-hybridized carbons (Fsp3) is 0.263. The number of carbonyl (C=O) groups excluding carboxylic acids is 2. The van der Waals surface area contributed by atoms with Gasteiger partial charge in [-0.1, -0.05) is 51.1 Å². The summed E-state index contributed by atoms with van der Waals surface area (Å²) in [6.07, 6.45) is 0. The molecule has 126 valence electrons. The van der Waals surface area contributed by atoms with Crippen molar-refractivity contribution in [2.45, 2.75) is 26.2 Å². The van der Waals surface area contributed by atoms with Gasteiger partial charge in [0.2, 0.25) is 0 Å². The molecular formula is C19H22N2O3. The number of nitrogens with two attached hydrogens (primary N) is 1. The first-order valence-corrected chi connectivity index (χ1v) is 7.70. The van der Waals surface area contributed by atoms with Gasteiger partial charge in [-0.3, -0.25) is 9.59 Å². The lowest BCUT2D eigenvalue weighted by Gasteiger charge is -2.23. The first kappa shape index (κ1) is 17.5. The van der Waals surface area contributed by atoms with Crippen LogP contribution < -0.4 is 15.8 Å². The molecule has 0 radical (unpaired) electrons. The van der Waals surface area contributed by atoms with Crippen LogP contribution in [0.3, 0.4) is 0 Å². The minimum Gasteiger partial charge on any atom is -0.483 e. The molecule has 0 unspecified atom stereocenters. The fourth-order valence-corrected chi connectivity index (χ4v) is 2.37. The number of hydrogen-bond acceptors (Lipinski definition) is 3. The maximum atomic E-state index is 12.2. The summed E-state index contributed by atoms with van der Waals surface area (Å²) in [5, 5.41) is 2.86. The zero-order valence-corrected chi connectivity index (χ0v) is 14.1. The summed E-state index contributed by atoms with van der Waals surface area (Å²) >= 11 is 0. The SMILES string of the molecule is CC(C)(C)c1ccccc1NC(=O)COc1ccccc1C(N)=O. The Kier molecular flexibility index (Phi) is 5.24. The third-order valence-corrected chi connectivity index (χ3v) is 3.52. The van der Waals surface area contributed by atoms with Gasteiger partial charge in [0.15, 0.2) is 6.61 Å². The van der Waals surface area contributed by atoms with Gasteiger partial charge < -0.3 is 15.8 Å². The molecule has 0 aliphatic heterocycles. The Morgan fingerprint density at radius 1 is 1.04 bits per heavy atom. The molecule has 0 heterocycles. The molecular weight excluding hydrogens is 304 g/mol. The minimum atomic E-state index is -0.593. The van der Waals surface area contributed by atoms with Gasteiger partial charge in [0.1, 0.15) is 5.75 Å². The van der Waals surface area contributed by atoms with Crippen molar-refractivity contribution in [3.8, 4) is 5.75 Å². The average Bonchev–Trinajstić information content (AvgIpc) is 2.52. The van der Waals surface area contributed by atoms with Gasteiger partial charge in [-0.2, -0.15) is 0 Å². The van der Waals surface area contributed by atoms with Gasteiger partial charge in [-0.25, -0.2) is 0 Å². The second-order valence-electron chi connectivity index (χ2n) is 6.49. The van der Waals surface area contributed by atoms with Crippen LogP contribution in [0.25, 0.3) is 0 Å². The van der Waals surface area contributed by atoms with Crippen LogP contribution in [-0.2, 0) is 10.2 Å². The zero-order valence-electron chi connectivity index (χ0n) is 14.1. The summed E-state index contributed by atoms with van der Waals surface area (Å²) in [5.41, 5.74) is 7.24. The highest BCUT2D eigenvalue weighted by Crippen LogP contribution is 2.29. The molecule has 0 aliphatic rings. The van der Waals surface area contributed by atoms with Crippen molar-refractivity contribution in [1.82, 2.24) is 0 Å². The van der Waals surface area contributed by atoms with E-state index < -0.39 is 5.91 Å². The molecule has 2 amide bonds. The number of amides is 2. The van der Waals surface area contributed by atoms with Crippen LogP contribution in [0.4, 0.5) is 5.69 Å². The van der Waals surface area contributed by atoms with Crippen LogP contribution in [0.15, 0.2) is 48.5 Å². The molecule has 2 aromatic rings. The Labute approximate surface area is 141 Å². The quantitative estimate of drug-likeness (QED) is 0.886. The molecule has 0 saturated heterocycles. The normalized spacial score (nSPS) is 11.0. The highest BCUT2D eigenvalue weighted by molar-refractivity contribution is 5.96. The van der Waals surface area contributed by atoms with E-state index in [-0.39, 0.29) is 23.5 Å². The number of benzene rings is 2. The van der Waals surface area contributed by atoms with Gasteiger partial charge in [0, 0.05) is 5.69 Å². The van der Waals surface area contributed by atoms with Gasteiger partial charge in [0.25, 0.3) is 11.8 Å². The standard InChI is InChI=1S/C19H22N2O3/c1-19(2,3)14-9-5-6-10-15(14)21-17(22)12-24-16-11-7-4-8-13(16)18(20)23/h4-11H,12H2,1-3H3,(H2,20,23)(H,21,22). The highest BCUT2D eigenvalue weighted by atomic mass is 16.5. The number of carbonyl (C=O) groups is 2. The van der Waals surface area contributed by atoms with Crippen LogP contribution in [0, 0.1) is 0 Å².